The summed E-state index contributed by atoms with van der Waals surface area (Å²) < 4.78 is 10.5. The average Bonchev–Trinajstić information content (AvgIpc) is 2.19. The molecule has 4 nitrogen and oxygen atoms in total. The lowest BCUT2D eigenvalue weighted by Gasteiger charge is -2.42. The summed E-state index contributed by atoms with van der Waals surface area (Å²) in [5.41, 5.74) is 5.73. The summed E-state index contributed by atoms with van der Waals surface area (Å²) in [6.07, 6.45) is 0. The Balaban J connectivity index is 2.51. The highest BCUT2D eigenvalue weighted by Crippen LogP contribution is 2.15. The van der Waals surface area contributed by atoms with E-state index >= 15 is 0 Å². The van der Waals surface area contributed by atoms with Gasteiger partial charge >= 0.3 is 0 Å². The fourth-order valence-corrected chi connectivity index (χ4v) is 1.69. The molecular formula is C9H20N2O2. The van der Waals surface area contributed by atoms with Crippen LogP contribution in [-0.4, -0.2) is 57.0 Å². The molecule has 0 amide bonds. The van der Waals surface area contributed by atoms with Gasteiger partial charge in [0.1, 0.15) is 0 Å². The molecule has 0 aromatic carbocycles. The minimum absolute atomic E-state index is 0.0292. The molecule has 0 aromatic rings. The van der Waals surface area contributed by atoms with Crippen LogP contribution >= 0.6 is 0 Å². The van der Waals surface area contributed by atoms with Gasteiger partial charge in [0.05, 0.1) is 25.4 Å². The quantitative estimate of drug-likeness (QED) is 0.657. The molecule has 1 saturated heterocycles. The normalized spacial score (nSPS) is 24.2. The van der Waals surface area contributed by atoms with Crippen molar-refractivity contribution in [2.45, 2.75) is 12.5 Å². The zero-order valence-corrected chi connectivity index (χ0v) is 8.58. The van der Waals surface area contributed by atoms with Gasteiger partial charge in [-0.05, 0) is 6.92 Å². The molecule has 2 N–H and O–H groups in total. The third-order valence-electron chi connectivity index (χ3n) is 2.67. The molecule has 1 unspecified atom stereocenters. The van der Waals surface area contributed by atoms with Crippen molar-refractivity contribution >= 4 is 0 Å². The lowest BCUT2D eigenvalue weighted by atomic mass is 10.0. The molecule has 1 aliphatic rings. The van der Waals surface area contributed by atoms with E-state index in [1.165, 1.54) is 0 Å². The topological polar surface area (TPSA) is 47.7 Å². The maximum atomic E-state index is 5.76. The number of nitrogens with two attached hydrogens (primary N) is 1. The zero-order valence-electron chi connectivity index (χ0n) is 8.58. The number of nitrogens with zero attached hydrogens (tertiary/aromatic N) is 1. The Morgan fingerprint density at radius 1 is 1.46 bits per heavy atom. The first-order chi connectivity index (χ1) is 6.23. The average molecular weight is 188 g/mol. The molecule has 1 rings (SSSR count). The molecule has 0 spiro atoms. The van der Waals surface area contributed by atoms with Crippen molar-refractivity contribution < 1.29 is 9.47 Å². The Labute approximate surface area is 80.0 Å². The molecule has 1 atom stereocenters. The molecule has 1 aliphatic heterocycles. The van der Waals surface area contributed by atoms with E-state index in [0.717, 1.165) is 26.3 Å². The predicted molar refractivity (Wildman–Crippen MR) is 51.7 cm³/mol. The van der Waals surface area contributed by atoms with Crippen LogP contribution in [0, 0.1) is 0 Å². The first kappa shape index (κ1) is 10.9. The van der Waals surface area contributed by atoms with Crippen molar-refractivity contribution in [2.24, 2.45) is 5.73 Å². The van der Waals surface area contributed by atoms with E-state index in [1.54, 1.807) is 7.11 Å². The highest BCUT2D eigenvalue weighted by molar-refractivity contribution is 4.88. The molecule has 1 fully saturated rings. The number of hydrogen-bond donors (Lipinski definition) is 1. The van der Waals surface area contributed by atoms with Crippen LogP contribution in [0.2, 0.25) is 0 Å². The molecular weight excluding hydrogens is 168 g/mol. The Morgan fingerprint density at radius 2 is 2.08 bits per heavy atom. The van der Waals surface area contributed by atoms with Gasteiger partial charge in [0, 0.05) is 26.7 Å². The van der Waals surface area contributed by atoms with E-state index in [2.05, 4.69) is 11.8 Å². The van der Waals surface area contributed by atoms with Gasteiger partial charge in [-0.3, -0.25) is 4.90 Å². The zero-order chi connectivity index (χ0) is 9.73. The van der Waals surface area contributed by atoms with E-state index in [-0.39, 0.29) is 5.54 Å². The number of morpholine rings is 1. The van der Waals surface area contributed by atoms with Gasteiger partial charge in [0.25, 0.3) is 0 Å². The Hall–Kier alpha value is -0.160. The van der Waals surface area contributed by atoms with Gasteiger partial charge in [0.2, 0.25) is 0 Å². The fraction of sp³-hybridized carbons (Fsp3) is 1.00. The third kappa shape index (κ3) is 2.64. The largest absolute Gasteiger partial charge is 0.383 e. The van der Waals surface area contributed by atoms with Gasteiger partial charge in [-0.1, -0.05) is 0 Å². The monoisotopic (exact) mass is 188 g/mol. The minimum atomic E-state index is -0.0292. The molecule has 13 heavy (non-hydrogen) atoms. The van der Waals surface area contributed by atoms with Crippen molar-refractivity contribution in [3.8, 4) is 0 Å². The van der Waals surface area contributed by atoms with E-state index in [4.69, 9.17) is 15.2 Å². The second-order valence-electron chi connectivity index (χ2n) is 3.73. The Morgan fingerprint density at radius 3 is 2.54 bits per heavy atom. The minimum Gasteiger partial charge on any atom is -0.383 e. The van der Waals surface area contributed by atoms with Crippen molar-refractivity contribution in [1.82, 2.24) is 4.90 Å². The number of rotatable bonds is 4. The maximum absolute atomic E-state index is 5.76. The van der Waals surface area contributed by atoms with Crippen molar-refractivity contribution in [2.75, 3.05) is 46.6 Å². The van der Waals surface area contributed by atoms with Crippen LogP contribution in [0.25, 0.3) is 0 Å². The van der Waals surface area contributed by atoms with Crippen molar-refractivity contribution in [1.29, 1.82) is 0 Å². The summed E-state index contributed by atoms with van der Waals surface area (Å²) in [5.74, 6) is 0. The maximum Gasteiger partial charge on any atom is 0.0656 e. The van der Waals surface area contributed by atoms with Gasteiger partial charge in [-0.2, -0.15) is 0 Å². The van der Waals surface area contributed by atoms with Gasteiger partial charge in [-0.25, -0.2) is 0 Å². The molecule has 1 heterocycles. The number of hydrogen-bond acceptors (Lipinski definition) is 4. The lowest BCUT2D eigenvalue weighted by Crippen LogP contribution is -2.58. The van der Waals surface area contributed by atoms with Crippen molar-refractivity contribution in [3.05, 3.63) is 0 Å². The Kier molecular flexibility index (Phi) is 4.12. The van der Waals surface area contributed by atoms with E-state index in [0.29, 0.717) is 13.2 Å². The van der Waals surface area contributed by atoms with Gasteiger partial charge < -0.3 is 15.2 Å². The van der Waals surface area contributed by atoms with Crippen LogP contribution in [0.3, 0.4) is 0 Å². The van der Waals surface area contributed by atoms with Crippen LogP contribution in [0.15, 0.2) is 0 Å². The summed E-state index contributed by atoms with van der Waals surface area (Å²) in [4.78, 5) is 2.35. The Bertz CT molecular complexity index is 149. The summed E-state index contributed by atoms with van der Waals surface area (Å²) in [6.45, 7) is 6.97. The highest BCUT2D eigenvalue weighted by Gasteiger charge is 2.31. The van der Waals surface area contributed by atoms with Crippen LogP contribution in [-0.2, 0) is 9.47 Å². The third-order valence-corrected chi connectivity index (χ3v) is 2.67. The highest BCUT2D eigenvalue weighted by atomic mass is 16.5. The van der Waals surface area contributed by atoms with Gasteiger partial charge in [0.15, 0.2) is 0 Å². The smallest absolute Gasteiger partial charge is 0.0656 e. The molecule has 0 radical (unpaired) electrons. The van der Waals surface area contributed by atoms with E-state index in [9.17, 15) is 0 Å². The summed E-state index contributed by atoms with van der Waals surface area (Å²) in [7, 11) is 1.72. The van der Waals surface area contributed by atoms with Crippen LogP contribution in [0.1, 0.15) is 6.92 Å². The van der Waals surface area contributed by atoms with Crippen LogP contribution in [0.4, 0.5) is 0 Å². The SMILES string of the molecule is COCC(C)(CN)N1CCOCC1. The van der Waals surface area contributed by atoms with Gasteiger partial charge in [-0.15, -0.1) is 0 Å². The molecule has 4 heteroatoms. The number of ether oxygens (including phenoxy) is 2. The molecule has 0 aliphatic carbocycles. The van der Waals surface area contributed by atoms with Crippen molar-refractivity contribution in [3.63, 3.8) is 0 Å². The summed E-state index contributed by atoms with van der Waals surface area (Å²) >= 11 is 0. The summed E-state index contributed by atoms with van der Waals surface area (Å²) in [6, 6.07) is 0. The molecule has 0 bridgehead atoms. The van der Waals surface area contributed by atoms with Crippen LogP contribution < -0.4 is 5.73 Å². The first-order valence-electron chi connectivity index (χ1n) is 4.75. The molecule has 78 valence electrons. The summed E-state index contributed by atoms with van der Waals surface area (Å²) in [5, 5.41) is 0. The lowest BCUT2D eigenvalue weighted by molar-refractivity contribution is -0.0404. The molecule has 0 saturated carbocycles. The number of methoxy groups -OCH3 is 1. The standard InChI is InChI=1S/C9H20N2O2/c1-9(7-10,8-12-2)11-3-5-13-6-4-11/h3-8,10H2,1-2H3. The second-order valence-corrected chi connectivity index (χ2v) is 3.73. The first-order valence-corrected chi connectivity index (χ1v) is 4.75. The fourth-order valence-electron chi connectivity index (χ4n) is 1.69. The second kappa shape index (κ2) is 4.91. The van der Waals surface area contributed by atoms with Crippen LogP contribution in [0.5, 0.6) is 0 Å². The predicted octanol–water partition coefficient (Wildman–Crippen LogP) is -0.318. The van der Waals surface area contributed by atoms with E-state index in [1.807, 2.05) is 0 Å². The molecule has 0 aromatic heterocycles. The van der Waals surface area contributed by atoms with E-state index < -0.39 is 0 Å².